The topological polar surface area (TPSA) is 29.0 Å². The summed E-state index contributed by atoms with van der Waals surface area (Å²) in [4.78, 5) is 11.0. The summed E-state index contributed by atoms with van der Waals surface area (Å²) < 4.78 is 12.9. The lowest BCUT2D eigenvalue weighted by molar-refractivity contribution is 0.198. The predicted octanol–water partition coefficient (Wildman–Crippen LogP) is 3.00. The molecule has 1 saturated heterocycles. The zero-order valence-electron chi connectivity index (χ0n) is 11.4. The molecule has 2 heterocycles. The molecule has 20 heavy (non-hydrogen) atoms. The van der Waals surface area contributed by atoms with E-state index in [2.05, 4.69) is 14.9 Å². The summed E-state index contributed by atoms with van der Waals surface area (Å²) in [5, 5.41) is 0. The Bertz CT molecular complexity index is 541. The van der Waals surface area contributed by atoms with Crippen molar-refractivity contribution in [2.45, 2.75) is 25.3 Å². The molecule has 0 saturated carbocycles. The maximum atomic E-state index is 12.9. The van der Waals surface area contributed by atoms with E-state index in [-0.39, 0.29) is 5.82 Å². The van der Waals surface area contributed by atoms with Crippen molar-refractivity contribution >= 4 is 0 Å². The van der Waals surface area contributed by atoms with Gasteiger partial charge >= 0.3 is 0 Å². The van der Waals surface area contributed by atoms with Crippen molar-refractivity contribution in [3.8, 4) is 0 Å². The van der Waals surface area contributed by atoms with Gasteiger partial charge in [0, 0.05) is 37.6 Å². The first-order valence-electron chi connectivity index (χ1n) is 7.04. The van der Waals surface area contributed by atoms with Crippen LogP contribution < -0.4 is 0 Å². The van der Waals surface area contributed by atoms with Crippen LogP contribution in [0.5, 0.6) is 0 Å². The molecule has 1 aromatic carbocycles. The van der Waals surface area contributed by atoms with Crippen molar-refractivity contribution in [3.63, 3.8) is 0 Å². The van der Waals surface area contributed by atoms with Crippen LogP contribution in [0, 0.1) is 5.82 Å². The summed E-state index contributed by atoms with van der Waals surface area (Å²) in [6.07, 6.45) is 7.67. The monoisotopic (exact) mass is 271 g/mol. The Morgan fingerprint density at radius 2 is 2.05 bits per heavy atom. The van der Waals surface area contributed by atoms with Crippen molar-refractivity contribution in [2.75, 3.05) is 13.1 Å². The molecule has 0 spiro atoms. The summed E-state index contributed by atoms with van der Waals surface area (Å²) in [6.45, 7) is 2.96. The van der Waals surface area contributed by atoms with Gasteiger partial charge in [0.25, 0.3) is 0 Å². The molecule has 1 aliphatic rings. The van der Waals surface area contributed by atoms with Crippen LogP contribution >= 0.6 is 0 Å². The van der Waals surface area contributed by atoms with E-state index >= 15 is 0 Å². The van der Waals surface area contributed by atoms with Crippen LogP contribution in [-0.4, -0.2) is 28.0 Å². The third-order valence-electron chi connectivity index (χ3n) is 3.83. The Morgan fingerprint density at radius 1 is 1.20 bits per heavy atom. The van der Waals surface area contributed by atoms with Gasteiger partial charge in [0.05, 0.1) is 5.69 Å². The average Bonchev–Trinajstić information content (AvgIpc) is 2.51. The molecule has 3 nitrogen and oxygen atoms in total. The number of benzene rings is 1. The first kappa shape index (κ1) is 13.2. The van der Waals surface area contributed by atoms with E-state index in [9.17, 15) is 4.39 Å². The molecule has 0 bridgehead atoms. The fraction of sp³-hybridized carbons (Fsp3) is 0.375. The molecular formula is C16H18FN3. The van der Waals surface area contributed by atoms with Crippen LogP contribution in [0.25, 0.3) is 0 Å². The molecule has 0 amide bonds. The molecule has 1 unspecified atom stereocenters. The molecule has 0 radical (unpaired) electrons. The fourth-order valence-electron chi connectivity index (χ4n) is 2.81. The van der Waals surface area contributed by atoms with Crippen LogP contribution in [0.3, 0.4) is 0 Å². The molecule has 2 aromatic rings. The van der Waals surface area contributed by atoms with Crippen molar-refractivity contribution in [3.05, 3.63) is 59.9 Å². The minimum absolute atomic E-state index is 0.176. The third kappa shape index (κ3) is 3.20. The maximum absolute atomic E-state index is 12.9. The fourth-order valence-corrected chi connectivity index (χ4v) is 2.81. The lowest BCUT2D eigenvalue weighted by atomic mass is 9.94. The molecule has 0 N–H and O–H groups in total. The molecule has 1 aliphatic heterocycles. The highest BCUT2D eigenvalue weighted by Crippen LogP contribution is 2.25. The largest absolute Gasteiger partial charge is 0.298 e. The maximum Gasteiger partial charge on any atom is 0.123 e. The minimum atomic E-state index is -0.176. The second-order valence-corrected chi connectivity index (χ2v) is 5.33. The van der Waals surface area contributed by atoms with Crippen molar-refractivity contribution in [1.82, 2.24) is 14.9 Å². The molecule has 1 aromatic heterocycles. The molecule has 0 aliphatic carbocycles. The molecule has 1 atom stereocenters. The quantitative estimate of drug-likeness (QED) is 0.859. The van der Waals surface area contributed by atoms with E-state index in [1.54, 1.807) is 12.4 Å². The van der Waals surface area contributed by atoms with Crippen molar-refractivity contribution in [1.29, 1.82) is 0 Å². The summed E-state index contributed by atoms with van der Waals surface area (Å²) in [5.74, 6) is 0.280. The van der Waals surface area contributed by atoms with E-state index in [1.807, 2.05) is 18.3 Å². The number of halogens is 1. The third-order valence-corrected chi connectivity index (χ3v) is 3.83. The van der Waals surface area contributed by atoms with Gasteiger partial charge < -0.3 is 0 Å². The number of aromatic nitrogens is 2. The number of rotatable bonds is 3. The molecule has 4 heteroatoms. The minimum Gasteiger partial charge on any atom is -0.298 e. The first-order valence-corrected chi connectivity index (χ1v) is 7.04. The first-order chi connectivity index (χ1) is 9.81. The number of piperidine rings is 1. The van der Waals surface area contributed by atoms with Crippen LogP contribution in [0.15, 0.2) is 42.9 Å². The second kappa shape index (κ2) is 6.09. The number of likely N-dealkylation sites (tertiary alicyclic amines) is 1. The standard InChI is InChI=1S/C16H18FN3/c17-15-5-3-13(4-6-15)11-20-9-1-2-14(12-20)16-10-18-7-8-19-16/h3-8,10,14H,1-2,9,11-12H2. The van der Waals surface area contributed by atoms with Gasteiger partial charge in [0.2, 0.25) is 0 Å². The SMILES string of the molecule is Fc1ccc(CN2CCCC(c3cnccn3)C2)cc1. The van der Waals surface area contributed by atoms with E-state index in [4.69, 9.17) is 0 Å². The lowest BCUT2D eigenvalue weighted by Gasteiger charge is -2.32. The van der Waals surface area contributed by atoms with Gasteiger partial charge in [-0.1, -0.05) is 12.1 Å². The van der Waals surface area contributed by atoms with Crippen LogP contribution in [0.2, 0.25) is 0 Å². The highest BCUT2D eigenvalue weighted by atomic mass is 19.1. The van der Waals surface area contributed by atoms with E-state index in [0.717, 1.165) is 30.9 Å². The van der Waals surface area contributed by atoms with E-state index in [1.165, 1.54) is 25.0 Å². The number of hydrogen-bond acceptors (Lipinski definition) is 3. The van der Waals surface area contributed by atoms with Crippen molar-refractivity contribution in [2.24, 2.45) is 0 Å². The van der Waals surface area contributed by atoms with Gasteiger partial charge in [-0.2, -0.15) is 0 Å². The van der Waals surface area contributed by atoms with Gasteiger partial charge in [-0.3, -0.25) is 14.9 Å². The van der Waals surface area contributed by atoms with Crippen molar-refractivity contribution < 1.29 is 4.39 Å². The van der Waals surface area contributed by atoms with E-state index in [0.29, 0.717) is 5.92 Å². The van der Waals surface area contributed by atoms with E-state index < -0.39 is 0 Å². The Morgan fingerprint density at radius 3 is 2.80 bits per heavy atom. The summed E-state index contributed by atoms with van der Waals surface area (Å²) in [6, 6.07) is 6.78. The molecular weight excluding hydrogens is 253 g/mol. The average molecular weight is 271 g/mol. The summed E-state index contributed by atoms with van der Waals surface area (Å²) in [7, 11) is 0. The molecule has 1 fully saturated rings. The van der Waals surface area contributed by atoms with Gasteiger partial charge in [-0.05, 0) is 37.1 Å². The zero-order chi connectivity index (χ0) is 13.8. The molecule has 104 valence electrons. The molecule has 3 rings (SSSR count). The Hall–Kier alpha value is -1.81. The summed E-state index contributed by atoms with van der Waals surface area (Å²) >= 11 is 0. The van der Waals surface area contributed by atoms with Crippen LogP contribution in [0.4, 0.5) is 4.39 Å². The Kier molecular flexibility index (Phi) is 4.02. The smallest absolute Gasteiger partial charge is 0.123 e. The number of hydrogen-bond donors (Lipinski definition) is 0. The van der Waals surface area contributed by atoms with Crippen LogP contribution in [0.1, 0.15) is 30.0 Å². The highest BCUT2D eigenvalue weighted by Gasteiger charge is 2.22. The Labute approximate surface area is 118 Å². The Balaban J connectivity index is 1.65. The zero-order valence-corrected chi connectivity index (χ0v) is 11.4. The summed E-state index contributed by atoms with van der Waals surface area (Å²) in [5.41, 5.74) is 2.24. The second-order valence-electron chi connectivity index (χ2n) is 5.33. The predicted molar refractivity (Wildman–Crippen MR) is 75.7 cm³/mol. The lowest BCUT2D eigenvalue weighted by Crippen LogP contribution is -2.34. The highest BCUT2D eigenvalue weighted by molar-refractivity contribution is 5.16. The number of nitrogens with zero attached hydrogens (tertiary/aromatic N) is 3. The normalized spacial score (nSPS) is 19.9. The van der Waals surface area contributed by atoms with Gasteiger partial charge in [-0.15, -0.1) is 0 Å². The van der Waals surface area contributed by atoms with Gasteiger partial charge in [-0.25, -0.2) is 4.39 Å². The van der Waals surface area contributed by atoms with Gasteiger partial charge in [0.15, 0.2) is 0 Å². The van der Waals surface area contributed by atoms with Crippen LogP contribution in [-0.2, 0) is 6.54 Å². The van der Waals surface area contributed by atoms with Gasteiger partial charge in [0.1, 0.15) is 5.82 Å².